The van der Waals surface area contributed by atoms with E-state index in [1.807, 2.05) is 0 Å². The number of benzene rings is 2. The summed E-state index contributed by atoms with van der Waals surface area (Å²) < 4.78 is 36.5. The first-order valence-corrected chi connectivity index (χ1v) is 11.0. The fourth-order valence-corrected chi connectivity index (χ4v) is 5.65. The highest BCUT2D eigenvalue weighted by molar-refractivity contribution is 7.90. The van der Waals surface area contributed by atoms with Crippen molar-refractivity contribution in [2.75, 3.05) is 0 Å². The van der Waals surface area contributed by atoms with Gasteiger partial charge in [-0.3, -0.25) is 4.79 Å². The van der Waals surface area contributed by atoms with Crippen molar-refractivity contribution in [1.29, 1.82) is 0 Å². The highest BCUT2D eigenvalue weighted by Crippen LogP contribution is 2.30. The Morgan fingerprint density at radius 2 is 2.07 bits per heavy atom. The third kappa shape index (κ3) is 3.39. The number of carboxylic acid groups (broad SMARTS) is 1. The van der Waals surface area contributed by atoms with Crippen LogP contribution in [-0.2, 0) is 21.2 Å². The molecule has 28 heavy (non-hydrogen) atoms. The van der Waals surface area contributed by atoms with E-state index in [1.165, 1.54) is 16.1 Å². The van der Waals surface area contributed by atoms with Crippen LogP contribution < -0.4 is 0 Å². The van der Waals surface area contributed by atoms with Crippen LogP contribution in [0.1, 0.15) is 19.9 Å². The Labute approximate surface area is 171 Å². The van der Waals surface area contributed by atoms with Gasteiger partial charge in [-0.1, -0.05) is 11.6 Å². The van der Waals surface area contributed by atoms with Crippen molar-refractivity contribution >= 4 is 60.0 Å². The lowest BCUT2D eigenvalue weighted by molar-refractivity contribution is -0.137. The van der Waals surface area contributed by atoms with Crippen molar-refractivity contribution in [1.82, 2.24) is 8.96 Å². The summed E-state index contributed by atoms with van der Waals surface area (Å²) in [5, 5.41) is 10.1. The molecule has 0 radical (unpaired) electrons. The molecule has 144 valence electrons. The Kier molecular flexibility index (Phi) is 4.54. The van der Waals surface area contributed by atoms with Crippen LogP contribution in [0, 0.1) is 0 Å². The number of aliphatic carboxylic acids is 1. The molecule has 0 fully saturated rings. The lowest BCUT2D eigenvalue weighted by atomic mass is 10.2. The maximum absolute atomic E-state index is 13.5. The number of nitrogens with zero attached hydrogens (tertiary/aromatic N) is 2. The second-order valence-corrected chi connectivity index (χ2v) is 9.34. The summed E-state index contributed by atoms with van der Waals surface area (Å²) in [5.41, 5.74) is 1.66. The predicted molar refractivity (Wildman–Crippen MR) is 110 cm³/mol. The Hall–Kier alpha value is -2.42. The molecule has 0 bridgehead atoms. The summed E-state index contributed by atoms with van der Waals surface area (Å²) in [4.78, 5) is 15.0. The molecule has 0 unspecified atom stereocenters. The zero-order valence-corrected chi connectivity index (χ0v) is 16.8. The molecule has 0 amide bonds. The van der Waals surface area contributed by atoms with Gasteiger partial charge in [0.25, 0.3) is 10.0 Å². The van der Waals surface area contributed by atoms with E-state index in [2.05, 4.69) is 4.98 Å². The Bertz CT molecular complexity index is 1360. The Morgan fingerprint density at radius 1 is 1.25 bits per heavy atom. The monoisotopic (exact) mass is 435 g/mol. The van der Waals surface area contributed by atoms with E-state index in [1.54, 1.807) is 30.3 Å². The normalized spacial score (nSPS) is 12.5. The first kappa shape index (κ1) is 17.7. The van der Waals surface area contributed by atoms with Gasteiger partial charge in [0.15, 0.2) is 0 Å². The molecule has 9 heteroatoms. The molecule has 0 atom stereocenters. The number of thiazole rings is 1. The first-order valence-electron chi connectivity index (χ1n) is 8.90. The SMILES string of the molecule is [2H]c1nc2ccc(S(=O)(=O)n3c(CCCC(=O)O)cc4cc(Cl)ccc43)cc2s1. The fourth-order valence-electron chi connectivity index (χ4n) is 3.15. The molecule has 2 aromatic heterocycles. The van der Waals surface area contributed by atoms with Gasteiger partial charge in [-0.2, -0.15) is 0 Å². The molecule has 0 saturated heterocycles. The van der Waals surface area contributed by atoms with Gasteiger partial charge in [-0.15, -0.1) is 11.3 Å². The van der Waals surface area contributed by atoms with Crippen LogP contribution in [-0.4, -0.2) is 28.5 Å². The highest BCUT2D eigenvalue weighted by atomic mass is 35.5. The molecular weight excluding hydrogens is 420 g/mol. The number of hydrogen-bond acceptors (Lipinski definition) is 5. The van der Waals surface area contributed by atoms with Gasteiger partial charge in [-0.25, -0.2) is 17.4 Å². The third-order valence-electron chi connectivity index (χ3n) is 4.41. The van der Waals surface area contributed by atoms with E-state index in [4.69, 9.17) is 18.1 Å². The van der Waals surface area contributed by atoms with Gasteiger partial charge in [-0.05, 0) is 55.3 Å². The van der Waals surface area contributed by atoms with Crippen molar-refractivity contribution in [3.63, 3.8) is 0 Å². The van der Waals surface area contributed by atoms with E-state index in [-0.39, 0.29) is 23.2 Å². The highest BCUT2D eigenvalue weighted by Gasteiger charge is 2.24. The fraction of sp³-hybridized carbons (Fsp3) is 0.158. The summed E-state index contributed by atoms with van der Waals surface area (Å²) >= 11 is 7.17. The minimum Gasteiger partial charge on any atom is -0.481 e. The van der Waals surface area contributed by atoms with Gasteiger partial charge in [0.05, 0.1) is 27.5 Å². The second kappa shape index (κ2) is 7.20. The number of aryl methyl sites for hydroxylation is 1. The number of halogens is 1. The van der Waals surface area contributed by atoms with Crippen LogP contribution in [0.2, 0.25) is 5.02 Å². The molecule has 0 aliphatic heterocycles. The minimum absolute atomic E-state index is 0.0541. The number of carboxylic acids is 1. The molecule has 0 saturated carbocycles. The molecule has 4 rings (SSSR count). The average molecular weight is 436 g/mol. The van der Waals surface area contributed by atoms with Crippen molar-refractivity contribution in [3.05, 3.63) is 58.7 Å². The summed E-state index contributed by atoms with van der Waals surface area (Å²) in [6.07, 6.45) is 0.546. The quantitative estimate of drug-likeness (QED) is 0.480. The van der Waals surface area contributed by atoms with Crippen LogP contribution in [0.15, 0.2) is 52.8 Å². The molecule has 0 spiro atoms. The first-order chi connectivity index (χ1) is 13.8. The van der Waals surface area contributed by atoms with E-state index in [0.717, 1.165) is 11.3 Å². The zero-order valence-electron chi connectivity index (χ0n) is 15.4. The summed E-state index contributed by atoms with van der Waals surface area (Å²) in [5.74, 6) is -0.930. The third-order valence-corrected chi connectivity index (χ3v) is 7.13. The van der Waals surface area contributed by atoms with Gasteiger partial charge in [0.1, 0.15) is 0 Å². The summed E-state index contributed by atoms with van der Waals surface area (Å²) in [7, 11) is -3.95. The molecule has 4 aromatic rings. The maximum atomic E-state index is 13.5. The van der Waals surface area contributed by atoms with E-state index >= 15 is 0 Å². The number of fused-ring (bicyclic) bond motifs is 2. The number of rotatable bonds is 6. The van der Waals surface area contributed by atoms with Gasteiger partial charge in [0.2, 0.25) is 0 Å². The Balaban J connectivity index is 1.87. The molecule has 0 aliphatic carbocycles. The van der Waals surface area contributed by atoms with Gasteiger partial charge >= 0.3 is 5.97 Å². The molecule has 2 heterocycles. The number of hydrogen-bond donors (Lipinski definition) is 1. The second-order valence-electron chi connectivity index (χ2n) is 6.29. The largest absolute Gasteiger partial charge is 0.481 e. The van der Waals surface area contributed by atoms with Gasteiger partial charge in [0, 0.05) is 22.5 Å². The van der Waals surface area contributed by atoms with E-state index < -0.39 is 16.0 Å². The number of aromatic nitrogens is 2. The average Bonchev–Trinajstić information content (AvgIpc) is 3.19. The molecule has 0 aliphatic rings. The lowest BCUT2D eigenvalue weighted by Crippen LogP contribution is -2.16. The minimum atomic E-state index is -3.95. The van der Waals surface area contributed by atoms with Crippen LogP contribution in [0.4, 0.5) is 0 Å². The molecule has 2 aromatic carbocycles. The van der Waals surface area contributed by atoms with Crippen molar-refractivity contribution in [3.8, 4) is 0 Å². The van der Waals surface area contributed by atoms with Crippen molar-refractivity contribution < 1.29 is 19.7 Å². The van der Waals surface area contributed by atoms with Crippen molar-refractivity contribution in [2.45, 2.75) is 24.2 Å². The smallest absolute Gasteiger partial charge is 0.303 e. The molecular formula is C19H15ClN2O4S2. The van der Waals surface area contributed by atoms with Crippen molar-refractivity contribution in [2.24, 2.45) is 0 Å². The van der Waals surface area contributed by atoms with E-state index in [9.17, 15) is 13.2 Å². The topological polar surface area (TPSA) is 89.3 Å². The Morgan fingerprint density at radius 3 is 2.86 bits per heavy atom. The van der Waals surface area contributed by atoms with Crippen LogP contribution >= 0.6 is 22.9 Å². The zero-order chi connectivity index (χ0) is 20.8. The van der Waals surface area contributed by atoms with Gasteiger partial charge < -0.3 is 5.11 Å². The maximum Gasteiger partial charge on any atom is 0.303 e. The van der Waals surface area contributed by atoms with Crippen LogP contribution in [0.25, 0.3) is 21.1 Å². The summed E-state index contributed by atoms with van der Waals surface area (Å²) in [6, 6.07) is 11.3. The number of carbonyl (C=O) groups is 1. The van der Waals surface area contributed by atoms with E-state index in [0.29, 0.717) is 38.3 Å². The van der Waals surface area contributed by atoms with Crippen LogP contribution in [0.3, 0.4) is 0 Å². The standard InChI is InChI=1S/C19H15ClN2O4S2/c20-13-4-7-17-12(8-13)9-14(2-1-3-19(23)24)22(17)28(25,26)15-5-6-16-18(10-15)27-11-21-16/h4-11H,1-3H2,(H,23,24)/i11D. The molecule has 6 nitrogen and oxygen atoms in total. The summed E-state index contributed by atoms with van der Waals surface area (Å²) in [6.45, 7) is 0. The predicted octanol–water partition coefficient (Wildman–Crippen LogP) is 4.55. The molecule has 1 N–H and O–H groups in total. The van der Waals surface area contributed by atoms with Crippen LogP contribution in [0.5, 0.6) is 0 Å². The lowest BCUT2D eigenvalue weighted by Gasteiger charge is -2.12.